The summed E-state index contributed by atoms with van der Waals surface area (Å²) in [7, 11) is 0. The first-order valence-electron chi connectivity index (χ1n) is 5.37. The average molecular weight is 257 g/mol. The number of thiazole rings is 1. The molecule has 1 unspecified atom stereocenters. The third-order valence-corrected chi connectivity index (χ3v) is 3.43. The molecule has 0 aliphatic rings. The average Bonchev–Trinajstić information content (AvgIpc) is 2.70. The molecule has 6 heteroatoms. The number of rotatable bonds is 6. The summed E-state index contributed by atoms with van der Waals surface area (Å²) in [6.45, 7) is 5.65. The number of nitrogens with zero attached hydrogens (tertiary/aromatic N) is 1. The second-order valence-corrected chi connectivity index (χ2v) is 4.47. The minimum Gasteiger partial charge on any atom is -0.476 e. The number of carboxylic acid groups (broad SMARTS) is 1. The van der Waals surface area contributed by atoms with Crippen molar-refractivity contribution >= 4 is 23.1 Å². The molecule has 5 nitrogen and oxygen atoms in total. The van der Waals surface area contributed by atoms with Gasteiger partial charge in [0.1, 0.15) is 16.0 Å². The molecule has 1 N–H and O–H groups in total. The molecule has 0 saturated heterocycles. The zero-order chi connectivity index (χ0) is 13.0. The van der Waals surface area contributed by atoms with Crippen LogP contribution in [-0.2, 0) is 4.74 Å². The third kappa shape index (κ3) is 3.10. The Bertz CT molecular complexity index is 396. The van der Waals surface area contributed by atoms with Gasteiger partial charge >= 0.3 is 5.97 Å². The Labute approximate surface area is 103 Å². The highest BCUT2D eigenvalue weighted by molar-refractivity contribution is 7.14. The van der Waals surface area contributed by atoms with Crippen LogP contribution in [0.2, 0.25) is 0 Å². The van der Waals surface area contributed by atoms with E-state index in [0.717, 1.165) is 11.3 Å². The van der Waals surface area contributed by atoms with Crippen molar-refractivity contribution in [2.45, 2.75) is 33.3 Å². The van der Waals surface area contributed by atoms with E-state index in [9.17, 15) is 9.59 Å². The van der Waals surface area contributed by atoms with Crippen molar-refractivity contribution in [3.63, 3.8) is 0 Å². The number of carbonyl (C=O) groups is 2. The lowest BCUT2D eigenvalue weighted by Crippen LogP contribution is -2.05. The number of carbonyl (C=O) groups excluding carboxylic acids is 1. The molecule has 94 valence electrons. The molecule has 0 amide bonds. The molecule has 0 aliphatic carbocycles. The lowest BCUT2D eigenvalue weighted by molar-refractivity contribution is 0.0589. The molecule has 0 aliphatic heterocycles. The van der Waals surface area contributed by atoms with E-state index in [1.54, 1.807) is 0 Å². The van der Waals surface area contributed by atoms with Gasteiger partial charge in [0.15, 0.2) is 11.5 Å². The summed E-state index contributed by atoms with van der Waals surface area (Å²) in [5, 5.41) is 9.52. The van der Waals surface area contributed by atoms with Gasteiger partial charge in [-0.25, -0.2) is 9.78 Å². The molecular weight excluding hydrogens is 242 g/mol. The summed E-state index contributed by atoms with van der Waals surface area (Å²) < 4.78 is 5.45. The Balaban J connectivity index is 3.14. The van der Waals surface area contributed by atoms with Gasteiger partial charge in [-0.15, -0.1) is 11.3 Å². The molecular formula is C11H15NO4S. The first kappa shape index (κ1) is 13.8. The van der Waals surface area contributed by atoms with Crippen LogP contribution in [0.3, 0.4) is 0 Å². The molecule has 0 bridgehead atoms. The number of aromatic nitrogens is 1. The smallest absolute Gasteiger partial charge is 0.356 e. The van der Waals surface area contributed by atoms with Gasteiger partial charge in [-0.1, -0.05) is 6.92 Å². The van der Waals surface area contributed by atoms with Crippen molar-refractivity contribution in [2.24, 2.45) is 0 Å². The molecule has 1 aromatic heterocycles. The zero-order valence-electron chi connectivity index (χ0n) is 10.0. The number of carboxylic acids is 1. The summed E-state index contributed by atoms with van der Waals surface area (Å²) in [4.78, 5) is 26.5. The summed E-state index contributed by atoms with van der Waals surface area (Å²) in [6.07, 6.45) is 0.453. The highest BCUT2D eigenvalue weighted by Crippen LogP contribution is 2.28. The van der Waals surface area contributed by atoms with Crippen LogP contribution in [0.4, 0.5) is 0 Å². The predicted molar refractivity (Wildman–Crippen MR) is 63.7 cm³/mol. The van der Waals surface area contributed by atoms with Crippen LogP contribution >= 0.6 is 11.3 Å². The van der Waals surface area contributed by atoms with Crippen molar-refractivity contribution < 1.29 is 19.4 Å². The van der Waals surface area contributed by atoms with E-state index in [0.29, 0.717) is 18.0 Å². The van der Waals surface area contributed by atoms with Gasteiger partial charge in [0, 0.05) is 13.5 Å². The highest BCUT2D eigenvalue weighted by Gasteiger charge is 2.24. The fourth-order valence-corrected chi connectivity index (χ4v) is 2.51. The summed E-state index contributed by atoms with van der Waals surface area (Å²) in [5.74, 6) is -1.46. The second kappa shape index (κ2) is 5.88. The van der Waals surface area contributed by atoms with E-state index >= 15 is 0 Å². The normalized spacial score (nSPS) is 12.4. The topological polar surface area (TPSA) is 76.5 Å². The molecule has 0 fully saturated rings. The minimum atomic E-state index is -1.18. The van der Waals surface area contributed by atoms with Crippen LogP contribution in [0.25, 0.3) is 0 Å². The van der Waals surface area contributed by atoms with E-state index in [4.69, 9.17) is 9.84 Å². The van der Waals surface area contributed by atoms with Crippen LogP contribution in [0, 0.1) is 0 Å². The molecule has 0 aromatic carbocycles. The second-order valence-electron chi connectivity index (χ2n) is 3.44. The van der Waals surface area contributed by atoms with Crippen LogP contribution in [0.1, 0.15) is 58.5 Å². The Morgan fingerprint density at radius 3 is 2.47 bits per heavy atom. The van der Waals surface area contributed by atoms with Gasteiger partial charge in [-0.3, -0.25) is 4.79 Å². The standard InChI is InChI=1S/C11H15NO4S/c1-4-7(16-5-2)10-12-8(11(14)15)9(17-10)6(3)13/h7H,4-5H2,1-3H3,(H,14,15). The molecule has 1 atom stereocenters. The lowest BCUT2D eigenvalue weighted by Gasteiger charge is -2.10. The van der Waals surface area contributed by atoms with Crippen LogP contribution < -0.4 is 0 Å². The Hall–Kier alpha value is -1.27. The molecule has 17 heavy (non-hydrogen) atoms. The maximum absolute atomic E-state index is 11.3. The molecule has 1 aromatic rings. The van der Waals surface area contributed by atoms with Gasteiger partial charge in [0.05, 0.1) is 0 Å². The Morgan fingerprint density at radius 1 is 1.47 bits per heavy atom. The van der Waals surface area contributed by atoms with Crippen molar-refractivity contribution in [3.05, 3.63) is 15.6 Å². The van der Waals surface area contributed by atoms with Gasteiger partial charge in [-0.2, -0.15) is 0 Å². The number of aromatic carboxylic acids is 1. The Kier molecular flexibility index (Phi) is 4.77. The molecule has 0 radical (unpaired) electrons. The third-order valence-electron chi connectivity index (χ3n) is 2.18. The number of Topliss-reactive ketones (excluding diaryl/α,β-unsaturated/α-hetero) is 1. The number of hydrogen-bond acceptors (Lipinski definition) is 5. The summed E-state index contributed by atoms with van der Waals surface area (Å²) in [6, 6.07) is 0. The van der Waals surface area contributed by atoms with Gasteiger partial charge in [0.25, 0.3) is 0 Å². The molecule has 0 spiro atoms. The van der Waals surface area contributed by atoms with Gasteiger partial charge in [-0.05, 0) is 13.3 Å². The minimum absolute atomic E-state index is 0.171. The van der Waals surface area contributed by atoms with Gasteiger partial charge in [0.2, 0.25) is 0 Å². The van der Waals surface area contributed by atoms with Crippen molar-refractivity contribution in [1.29, 1.82) is 0 Å². The van der Waals surface area contributed by atoms with Crippen molar-refractivity contribution in [1.82, 2.24) is 4.98 Å². The van der Waals surface area contributed by atoms with E-state index in [1.807, 2.05) is 13.8 Å². The van der Waals surface area contributed by atoms with E-state index in [2.05, 4.69) is 4.98 Å². The van der Waals surface area contributed by atoms with E-state index < -0.39 is 5.97 Å². The number of ether oxygens (including phenoxy) is 1. The van der Waals surface area contributed by atoms with E-state index in [-0.39, 0.29) is 22.5 Å². The summed E-state index contributed by atoms with van der Waals surface area (Å²) >= 11 is 1.10. The summed E-state index contributed by atoms with van der Waals surface area (Å²) in [5.41, 5.74) is -0.171. The maximum Gasteiger partial charge on any atom is 0.356 e. The van der Waals surface area contributed by atoms with Gasteiger partial charge < -0.3 is 9.84 Å². The SMILES string of the molecule is CCOC(CC)c1nc(C(=O)O)c(C(C)=O)s1. The molecule has 1 heterocycles. The van der Waals surface area contributed by atoms with E-state index in [1.165, 1.54) is 6.92 Å². The zero-order valence-corrected chi connectivity index (χ0v) is 10.8. The lowest BCUT2D eigenvalue weighted by atomic mass is 10.2. The first-order valence-corrected chi connectivity index (χ1v) is 6.19. The van der Waals surface area contributed by atoms with Crippen LogP contribution in [-0.4, -0.2) is 28.4 Å². The quantitative estimate of drug-likeness (QED) is 0.792. The fourth-order valence-electron chi connectivity index (χ4n) is 1.42. The monoisotopic (exact) mass is 257 g/mol. The number of ketones is 1. The first-order chi connectivity index (χ1) is 8.01. The molecule has 1 rings (SSSR count). The van der Waals surface area contributed by atoms with Crippen molar-refractivity contribution in [3.8, 4) is 0 Å². The maximum atomic E-state index is 11.3. The van der Waals surface area contributed by atoms with Crippen LogP contribution in [0.5, 0.6) is 0 Å². The highest BCUT2D eigenvalue weighted by atomic mass is 32.1. The molecule has 0 saturated carbocycles. The van der Waals surface area contributed by atoms with Crippen LogP contribution in [0.15, 0.2) is 0 Å². The largest absolute Gasteiger partial charge is 0.476 e. The fraction of sp³-hybridized carbons (Fsp3) is 0.545. The predicted octanol–water partition coefficient (Wildman–Crippen LogP) is 2.53. The Morgan fingerprint density at radius 2 is 2.12 bits per heavy atom. The van der Waals surface area contributed by atoms with Crippen molar-refractivity contribution in [2.75, 3.05) is 6.61 Å². The number of hydrogen-bond donors (Lipinski definition) is 1.